The van der Waals surface area contributed by atoms with Gasteiger partial charge in [0.25, 0.3) is 0 Å². The van der Waals surface area contributed by atoms with E-state index in [0.717, 1.165) is 88.4 Å². The zero-order valence-electron chi connectivity index (χ0n) is 63.5. The molecule has 4 atom stereocenters. The van der Waals surface area contributed by atoms with E-state index in [1.54, 1.807) is 0 Å². The van der Waals surface area contributed by atoms with Gasteiger partial charge in [-0.25, -0.2) is 4.79 Å². The molecule has 2 fully saturated rings. The molecule has 1 aliphatic carbocycles. The van der Waals surface area contributed by atoms with Crippen LogP contribution < -0.4 is 37.2 Å². The van der Waals surface area contributed by atoms with Crippen LogP contribution in [-0.2, 0) is 68.7 Å². The summed E-state index contributed by atoms with van der Waals surface area (Å²) < 4.78 is 3.51. The van der Waals surface area contributed by atoms with Gasteiger partial charge in [0.2, 0.25) is 17.7 Å². The summed E-state index contributed by atoms with van der Waals surface area (Å²) in [5.74, 6) is -9.78. The molecule has 606 valence electrons. The standard InChI is InChI=1S/C76H127N11O19Te/c1-2-3-4-5-6-7-8-9-10-11-12-13-18-33-66(91)81-62(31-20-22-39-77-65(90)36-34-59-29-26-49-107-59)75(105)79-42-38-61(82-74(104)58(50-57-27-16-14-17-28-57)51-68(93)87-43-23-15-24-44-87)63(88)32-25-41-80-76(106)83-60(64(89)35-37-69(94)95)30-19-21-40-78-67(92)52-85(54-71(98)99)47-45-84(53-70(96)97)46-48-86(55-72(100)101)56-73(102)103/h26,29,49,57-58,60-62H,2-25,27-28,30-48,50-56H2,1H3,(H,77,90)(H,78,92)(H,79,105)(H,81,91)(H,82,104)(H,94,95)(H,96,97)(H,98,99)(H,100,101)(H,102,103)(H2,80,83,106). The number of rotatable bonds is 64. The van der Waals surface area contributed by atoms with Crippen molar-refractivity contribution in [3.05, 3.63) is 19.8 Å². The maximum absolute atomic E-state index is 14.6. The molecule has 4 unspecified atom stereocenters. The fraction of sp³-hybridized carbons (Fsp3) is 0.763. The fourth-order valence-electron chi connectivity index (χ4n) is 13.5. The molecule has 0 spiro atoms. The van der Waals surface area contributed by atoms with Crippen molar-refractivity contribution in [1.29, 1.82) is 0 Å². The van der Waals surface area contributed by atoms with Crippen molar-refractivity contribution >= 4 is 103 Å². The molecule has 0 aromatic carbocycles. The van der Waals surface area contributed by atoms with Crippen LogP contribution in [0.4, 0.5) is 4.79 Å². The molecule has 1 saturated carbocycles. The Bertz CT molecular complexity index is 2820. The molecule has 8 amide bonds. The molecule has 12 N–H and O–H groups in total. The first-order valence-corrected chi connectivity index (χ1v) is 42.0. The Kier molecular flexibility index (Phi) is 51.0. The molecule has 107 heavy (non-hydrogen) atoms. The van der Waals surface area contributed by atoms with Gasteiger partial charge in [-0.1, -0.05) is 116 Å². The Morgan fingerprint density at radius 1 is 0.449 bits per heavy atom. The third kappa shape index (κ3) is 47.5. The number of ketones is 2. The van der Waals surface area contributed by atoms with Crippen LogP contribution in [0.2, 0.25) is 0 Å². The van der Waals surface area contributed by atoms with Gasteiger partial charge in [-0.2, -0.15) is 0 Å². The molecule has 2 aliphatic rings. The van der Waals surface area contributed by atoms with E-state index in [-0.39, 0.29) is 148 Å². The molecule has 0 bridgehead atoms. The third-order valence-corrected chi connectivity index (χ3v) is 22.2. The summed E-state index contributed by atoms with van der Waals surface area (Å²) in [4.78, 5) is 186. The van der Waals surface area contributed by atoms with E-state index in [0.29, 0.717) is 51.7 Å². The van der Waals surface area contributed by atoms with Crippen molar-refractivity contribution in [2.45, 2.75) is 263 Å². The van der Waals surface area contributed by atoms with Crippen molar-refractivity contribution < 1.29 is 92.7 Å². The molecular formula is C76H127N11O19Te. The van der Waals surface area contributed by atoms with Crippen LogP contribution in [0, 0.1) is 11.8 Å². The molecule has 0 radical (unpaired) electrons. The summed E-state index contributed by atoms with van der Waals surface area (Å²) in [6, 6.07) is 0.110. The summed E-state index contributed by atoms with van der Waals surface area (Å²) >= 11 is -0.330. The first-order chi connectivity index (χ1) is 51.4. The number of carboxylic acid groups (broad SMARTS) is 5. The number of aliphatic carboxylic acids is 5. The van der Waals surface area contributed by atoms with Crippen LogP contribution in [0.5, 0.6) is 0 Å². The van der Waals surface area contributed by atoms with Gasteiger partial charge in [0.15, 0.2) is 11.6 Å². The molecule has 1 aromatic rings. The van der Waals surface area contributed by atoms with Gasteiger partial charge in [-0.05, 0) is 70.1 Å². The minimum Gasteiger partial charge on any atom is -0.481 e. The second-order valence-corrected chi connectivity index (χ2v) is 31.7. The number of amides is 8. The number of carbonyl (C=O) groups excluding carboxylic acids is 9. The van der Waals surface area contributed by atoms with Crippen LogP contribution in [0.15, 0.2) is 16.2 Å². The fourth-order valence-corrected chi connectivity index (χ4v) is 15.6. The van der Waals surface area contributed by atoms with Crippen LogP contribution in [0.1, 0.15) is 242 Å². The van der Waals surface area contributed by atoms with Crippen molar-refractivity contribution in [1.82, 2.24) is 56.8 Å². The molecule has 1 aromatic heterocycles. The molecule has 1 saturated heterocycles. The Labute approximate surface area is 641 Å². The molecular weight excluding hydrogens is 1500 g/mol. The summed E-state index contributed by atoms with van der Waals surface area (Å²) in [5.41, 5.74) is 0. The van der Waals surface area contributed by atoms with Gasteiger partial charge in [0.1, 0.15) is 0 Å². The van der Waals surface area contributed by atoms with Gasteiger partial charge in [-0.3, -0.25) is 67.4 Å². The van der Waals surface area contributed by atoms with E-state index in [1.807, 2.05) is 11.0 Å². The van der Waals surface area contributed by atoms with Gasteiger partial charge in [-0.15, -0.1) is 0 Å². The van der Waals surface area contributed by atoms with Crippen LogP contribution in [0.3, 0.4) is 0 Å². The van der Waals surface area contributed by atoms with E-state index >= 15 is 0 Å². The number of carboxylic acids is 5. The molecule has 2 heterocycles. The molecule has 31 heteroatoms. The number of piperidine rings is 1. The van der Waals surface area contributed by atoms with Gasteiger partial charge in [0, 0.05) is 90.5 Å². The Hall–Kier alpha value is -7.07. The number of nitrogens with one attached hydrogen (secondary N) is 7. The Balaban J connectivity index is 1.69. The van der Waals surface area contributed by atoms with Gasteiger partial charge in [0.05, 0.1) is 51.2 Å². The predicted octanol–water partition coefficient (Wildman–Crippen LogP) is 5.89. The quantitative estimate of drug-likeness (QED) is 0.0267. The van der Waals surface area contributed by atoms with Crippen molar-refractivity contribution in [2.75, 3.05) is 98.2 Å². The average molecular weight is 1630 g/mol. The second kappa shape index (κ2) is 58.0. The number of hydrogen-bond donors (Lipinski definition) is 12. The number of unbranched alkanes of at least 4 members (excludes halogenated alkanes) is 14. The number of carbonyl (C=O) groups is 14. The first-order valence-electron chi connectivity index (χ1n) is 39.5. The average Bonchev–Trinajstić information content (AvgIpc) is 1.12. The topological polar surface area (TPSA) is 437 Å². The van der Waals surface area contributed by atoms with E-state index in [9.17, 15) is 92.7 Å². The van der Waals surface area contributed by atoms with E-state index in [4.69, 9.17) is 0 Å². The van der Waals surface area contributed by atoms with Gasteiger partial charge >= 0.3 is 164 Å². The smallest absolute Gasteiger partial charge is 0.481 e. The summed E-state index contributed by atoms with van der Waals surface area (Å²) in [7, 11) is 0. The van der Waals surface area contributed by atoms with Crippen molar-refractivity contribution in [3.63, 3.8) is 0 Å². The number of Topliss-reactive ketones (excluding diaryl/α,β-unsaturated/α-hetero) is 2. The SMILES string of the molecule is CCCCCCCCCCCCCCCC(=O)NC(CCCCNC(=O)CCc1ccc[te]1)C(=O)NCCC(NC(=O)C(CC(=O)N1CCCCC1)CC1CCCCC1)C(=O)CCCNC(=O)NC(CCCCNC(=O)CN(CCN(CCN(CC(=O)O)CC(=O)O)CC(=O)O)CC(=O)O)C(=O)CCC(=O)O. The first kappa shape index (κ1) is 94.1. The number of likely N-dealkylation sites (tertiary alicyclic amines) is 1. The van der Waals surface area contributed by atoms with E-state index < -0.39 is 135 Å². The van der Waals surface area contributed by atoms with E-state index in [1.165, 1.54) is 64.7 Å². The summed E-state index contributed by atoms with van der Waals surface area (Å²) in [5, 5.41) is 66.6. The normalized spacial score (nSPS) is 14.3. The number of aryl methyl sites for hydroxylation is 1. The van der Waals surface area contributed by atoms with Crippen molar-refractivity contribution in [2.24, 2.45) is 11.8 Å². The molecule has 1 aliphatic heterocycles. The maximum atomic E-state index is 14.6. The summed E-state index contributed by atoms with van der Waals surface area (Å²) in [6.07, 6.45) is 25.4. The molecule has 3 rings (SSSR count). The zero-order chi connectivity index (χ0) is 78.4. The minimum absolute atomic E-state index is 0.0182. The zero-order valence-corrected chi connectivity index (χ0v) is 65.9. The Morgan fingerprint density at radius 3 is 1.53 bits per heavy atom. The van der Waals surface area contributed by atoms with Crippen LogP contribution in [0.25, 0.3) is 0 Å². The second-order valence-electron chi connectivity index (χ2n) is 28.8. The van der Waals surface area contributed by atoms with Crippen LogP contribution in [-0.4, -0.2) is 265 Å². The Morgan fingerprint density at radius 2 is 0.963 bits per heavy atom. The minimum atomic E-state index is -1.30. The van der Waals surface area contributed by atoms with Crippen LogP contribution >= 0.6 is 0 Å². The number of nitrogens with zero attached hydrogens (tertiary/aromatic N) is 4. The predicted molar refractivity (Wildman–Crippen MR) is 403 cm³/mol. The summed E-state index contributed by atoms with van der Waals surface area (Å²) in [6.45, 7) is 0.469. The molecule has 30 nitrogen and oxygen atoms in total. The van der Waals surface area contributed by atoms with E-state index in [2.05, 4.69) is 54.3 Å². The van der Waals surface area contributed by atoms with Crippen molar-refractivity contribution in [3.8, 4) is 0 Å². The monoisotopic (exact) mass is 1630 g/mol. The number of hydrogen-bond acceptors (Lipinski definition) is 17. The van der Waals surface area contributed by atoms with Gasteiger partial charge < -0.3 is 51.7 Å². The number of urea groups is 1. The third-order valence-electron chi connectivity index (χ3n) is 19.5.